The van der Waals surface area contributed by atoms with Crippen LogP contribution in [-0.2, 0) is 0 Å². The Morgan fingerprint density at radius 1 is 1.11 bits per heavy atom. The number of halogens is 1. The molecule has 0 amide bonds. The third-order valence-electron chi connectivity index (χ3n) is 2.60. The maximum absolute atomic E-state index is 12.2. The van der Waals surface area contributed by atoms with Gasteiger partial charge in [0.25, 0.3) is 0 Å². The highest BCUT2D eigenvalue weighted by molar-refractivity contribution is 9.10. The quantitative estimate of drug-likeness (QED) is 0.699. The van der Waals surface area contributed by atoms with Gasteiger partial charge in [-0.2, -0.15) is 0 Å². The van der Waals surface area contributed by atoms with E-state index in [-0.39, 0.29) is 5.78 Å². The Balaban J connectivity index is 2.37. The zero-order chi connectivity index (χ0) is 13.1. The zero-order valence-electron chi connectivity index (χ0n) is 9.81. The van der Waals surface area contributed by atoms with E-state index in [1.54, 1.807) is 30.3 Å². The number of benzene rings is 2. The first-order chi connectivity index (χ1) is 8.61. The van der Waals surface area contributed by atoms with Crippen molar-refractivity contribution in [2.75, 3.05) is 12.8 Å². The van der Waals surface area contributed by atoms with Gasteiger partial charge in [-0.1, -0.05) is 15.9 Å². The molecule has 0 spiro atoms. The summed E-state index contributed by atoms with van der Waals surface area (Å²) in [5.74, 6) is 0.457. The summed E-state index contributed by atoms with van der Waals surface area (Å²) in [6.07, 6.45) is 0. The van der Waals surface area contributed by atoms with Crippen LogP contribution in [0.1, 0.15) is 15.9 Å². The third-order valence-corrected chi connectivity index (χ3v) is 3.13. The molecule has 4 heteroatoms. The van der Waals surface area contributed by atoms with Crippen molar-refractivity contribution >= 4 is 27.4 Å². The average molecular weight is 306 g/mol. The molecule has 2 aromatic carbocycles. The van der Waals surface area contributed by atoms with Crippen LogP contribution < -0.4 is 10.5 Å². The van der Waals surface area contributed by atoms with Crippen LogP contribution in [0.25, 0.3) is 0 Å². The first-order valence-corrected chi connectivity index (χ1v) is 6.15. The predicted octanol–water partition coefficient (Wildman–Crippen LogP) is 3.27. The number of carbonyl (C=O) groups is 1. The second-order valence-electron chi connectivity index (χ2n) is 3.79. The van der Waals surface area contributed by atoms with Crippen molar-refractivity contribution in [3.05, 3.63) is 58.1 Å². The Hall–Kier alpha value is -1.81. The van der Waals surface area contributed by atoms with Crippen molar-refractivity contribution in [1.82, 2.24) is 0 Å². The number of carbonyl (C=O) groups excluding carboxylic acids is 1. The Morgan fingerprint density at radius 2 is 1.72 bits per heavy atom. The van der Waals surface area contributed by atoms with Crippen LogP contribution in [-0.4, -0.2) is 12.9 Å². The fourth-order valence-electron chi connectivity index (χ4n) is 1.62. The number of hydrogen-bond donors (Lipinski definition) is 1. The van der Waals surface area contributed by atoms with Crippen molar-refractivity contribution in [2.45, 2.75) is 0 Å². The van der Waals surface area contributed by atoms with Crippen molar-refractivity contribution in [1.29, 1.82) is 0 Å². The van der Waals surface area contributed by atoms with Crippen molar-refractivity contribution in [3.8, 4) is 5.75 Å². The molecule has 0 atom stereocenters. The summed E-state index contributed by atoms with van der Waals surface area (Å²) in [5.41, 5.74) is 7.42. The summed E-state index contributed by atoms with van der Waals surface area (Å²) >= 11 is 3.34. The minimum absolute atomic E-state index is 0.0548. The summed E-state index contributed by atoms with van der Waals surface area (Å²) in [6, 6.07) is 12.2. The van der Waals surface area contributed by atoms with Crippen LogP contribution in [0.15, 0.2) is 46.9 Å². The summed E-state index contributed by atoms with van der Waals surface area (Å²) in [4.78, 5) is 12.2. The SMILES string of the molecule is COc1cc(C(=O)c2ccc(Br)cc2)ccc1N. The molecule has 3 nitrogen and oxygen atoms in total. The minimum atomic E-state index is -0.0548. The third kappa shape index (κ3) is 2.54. The lowest BCUT2D eigenvalue weighted by atomic mass is 10.0. The van der Waals surface area contributed by atoms with E-state index in [9.17, 15) is 4.79 Å². The van der Waals surface area contributed by atoms with Crippen LogP contribution >= 0.6 is 15.9 Å². The molecular weight excluding hydrogens is 294 g/mol. The molecule has 0 saturated carbocycles. The molecular formula is C14H12BrNO2. The van der Waals surface area contributed by atoms with Gasteiger partial charge < -0.3 is 10.5 Å². The first-order valence-electron chi connectivity index (χ1n) is 5.35. The molecule has 92 valence electrons. The lowest BCUT2D eigenvalue weighted by Gasteiger charge is -2.07. The van der Waals surface area contributed by atoms with Gasteiger partial charge in [0.2, 0.25) is 0 Å². The number of methoxy groups -OCH3 is 1. The lowest BCUT2D eigenvalue weighted by molar-refractivity contribution is 0.103. The van der Waals surface area contributed by atoms with Crippen LogP contribution in [0, 0.1) is 0 Å². The van der Waals surface area contributed by atoms with Gasteiger partial charge >= 0.3 is 0 Å². The number of ketones is 1. The lowest BCUT2D eigenvalue weighted by Crippen LogP contribution is -2.02. The van der Waals surface area contributed by atoms with Crippen molar-refractivity contribution < 1.29 is 9.53 Å². The fourth-order valence-corrected chi connectivity index (χ4v) is 1.88. The largest absolute Gasteiger partial charge is 0.495 e. The molecule has 0 aliphatic carbocycles. The van der Waals surface area contributed by atoms with Gasteiger partial charge in [-0.05, 0) is 42.5 Å². The maximum Gasteiger partial charge on any atom is 0.193 e. The van der Waals surface area contributed by atoms with Gasteiger partial charge in [-0.3, -0.25) is 4.79 Å². The van der Waals surface area contributed by atoms with Crippen LogP contribution in [0.4, 0.5) is 5.69 Å². The van der Waals surface area contributed by atoms with E-state index in [0.717, 1.165) is 4.47 Å². The number of nitrogen functional groups attached to an aromatic ring is 1. The average Bonchev–Trinajstić information content (AvgIpc) is 2.39. The molecule has 0 aliphatic heterocycles. The highest BCUT2D eigenvalue weighted by Crippen LogP contribution is 2.24. The second-order valence-corrected chi connectivity index (χ2v) is 4.71. The normalized spacial score (nSPS) is 10.1. The molecule has 0 unspecified atom stereocenters. The van der Waals surface area contributed by atoms with Crippen LogP contribution in [0.3, 0.4) is 0 Å². The summed E-state index contributed by atoms with van der Waals surface area (Å²) < 4.78 is 6.04. The van der Waals surface area contributed by atoms with E-state index in [1.165, 1.54) is 7.11 Å². The molecule has 2 N–H and O–H groups in total. The molecule has 0 bridgehead atoms. The topological polar surface area (TPSA) is 52.3 Å². The Labute approximate surface area is 114 Å². The van der Waals surface area contributed by atoms with E-state index < -0.39 is 0 Å². The number of hydrogen-bond acceptors (Lipinski definition) is 3. The first kappa shape index (κ1) is 12.6. The fraction of sp³-hybridized carbons (Fsp3) is 0.0714. The van der Waals surface area contributed by atoms with Gasteiger partial charge in [0.05, 0.1) is 12.8 Å². The van der Waals surface area contributed by atoms with Crippen LogP contribution in [0.2, 0.25) is 0 Å². The molecule has 0 fully saturated rings. The van der Waals surface area contributed by atoms with Gasteiger partial charge in [-0.15, -0.1) is 0 Å². The molecule has 0 heterocycles. The number of anilines is 1. The summed E-state index contributed by atoms with van der Waals surface area (Å²) in [6.45, 7) is 0. The molecule has 2 rings (SSSR count). The summed E-state index contributed by atoms with van der Waals surface area (Å²) in [5, 5.41) is 0. The molecule has 18 heavy (non-hydrogen) atoms. The molecule has 2 aromatic rings. The van der Waals surface area contributed by atoms with E-state index in [2.05, 4.69) is 15.9 Å². The Bertz CT molecular complexity index is 579. The highest BCUT2D eigenvalue weighted by Gasteiger charge is 2.11. The standard InChI is InChI=1S/C14H12BrNO2/c1-18-13-8-10(4-7-12(13)16)14(17)9-2-5-11(15)6-3-9/h2-8H,16H2,1H3. The number of nitrogens with two attached hydrogens (primary N) is 1. The Kier molecular flexibility index (Phi) is 3.67. The van der Waals surface area contributed by atoms with E-state index in [4.69, 9.17) is 10.5 Å². The highest BCUT2D eigenvalue weighted by atomic mass is 79.9. The van der Waals surface area contributed by atoms with Gasteiger partial charge in [0.1, 0.15) is 5.75 Å². The zero-order valence-corrected chi connectivity index (χ0v) is 11.4. The van der Waals surface area contributed by atoms with E-state index in [1.807, 2.05) is 12.1 Å². The number of ether oxygens (including phenoxy) is 1. The minimum Gasteiger partial charge on any atom is -0.495 e. The van der Waals surface area contributed by atoms with E-state index >= 15 is 0 Å². The molecule has 0 radical (unpaired) electrons. The number of rotatable bonds is 3. The Morgan fingerprint density at radius 3 is 2.33 bits per heavy atom. The molecule has 0 saturated heterocycles. The van der Waals surface area contributed by atoms with E-state index in [0.29, 0.717) is 22.6 Å². The smallest absolute Gasteiger partial charge is 0.193 e. The van der Waals surface area contributed by atoms with Crippen molar-refractivity contribution in [3.63, 3.8) is 0 Å². The molecule has 0 aromatic heterocycles. The maximum atomic E-state index is 12.2. The van der Waals surface area contributed by atoms with Gasteiger partial charge in [0.15, 0.2) is 5.78 Å². The summed E-state index contributed by atoms with van der Waals surface area (Å²) in [7, 11) is 1.53. The molecule has 0 aliphatic rings. The predicted molar refractivity (Wildman–Crippen MR) is 75.0 cm³/mol. The van der Waals surface area contributed by atoms with Gasteiger partial charge in [-0.25, -0.2) is 0 Å². The van der Waals surface area contributed by atoms with Crippen LogP contribution in [0.5, 0.6) is 5.75 Å². The van der Waals surface area contributed by atoms with Gasteiger partial charge in [0, 0.05) is 15.6 Å². The monoisotopic (exact) mass is 305 g/mol. The second kappa shape index (κ2) is 5.23. The van der Waals surface area contributed by atoms with Crippen molar-refractivity contribution in [2.24, 2.45) is 0 Å².